The lowest BCUT2D eigenvalue weighted by Crippen LogP contribution is -2.17. The van der Waals surface area contributed by atoms with Gasteiger partial charge < -0.3 is 9.73 Å². The average molecular weight is 376 g/mol. The van der Waals surface area contributed by atoms with Crippen molar-refractivity contribution in [1.82, 2.24) is 9.78 Å². The molecule has 0 aliphatic heterocycles. The number of anilines is 1. The topological polar surface area (TPSA) is 77.1 Å². The van der Waals surface area contributed by atoms with E-state index in [1.807, 2.05) is 13.8 Å². The number of aromatic nitrogens is 2. The van der Waals surface area contributed by atoms with Gasteiger partial charge in [0.05, 0.1) is 10.2 Å². The normalized spacial score (nSPS) is 10.9. The van der Waals surface area contributed by atoms with E-state index in [9.17, 15) is 9.59 Å². The Kier molecular flexibility index (Phi) is 4.04. The first-order valence-electron chi connectivity index (χ1n) is 7.07. The maximum Gasteiger partial charge on any atom is 0.336 e. The average Bonchev–Trinajstić information content (AvgIpc) is 2.82. The molecule has 0 unspecified atom stereocenters. The van der Waals surface area contributed by atoms with Crippen LogP contribution in [0.3, 0.4) is 0 Å². The van der Waals surface area contributed by atoms with Crippen molar-refractivity contribution in [3.63, 3.8) is 0 Å². The molecule has 0 atom stereocenters. The van der Waals surface area contributed by atoms with Crippen LogP contribution in [0.1, 0.15) is 23.1 Å². The number of nitrogens with zero attached hydrogens (tertiary/aromatic N) is 2. The number of hydrogen-bond donors (Lipinski definition) is 1. The minimum absolute atomic E-state index is 0.254. The molecule has 0 saturated heterocycles. The highest BCUT2D eigenvalue weighted by molar-refractivity contribution is 9.10. The Morgan fingerprint density at radius 2 is 2.13 bits per heavy atom. The van der Waals surface area contributed by atoms with Crippen LogP contribution >= 0.6 is 15.9 Å². The molecular formula is C16H14BrN3O3. The number of aryl methyl sites for hydroxylation is 2. The van der Waals surface area contributed by atoms with E-state index in [0.717, 1.165) is 11.1 Å². The van der Waals surface area contributed by atoms with Gasteiger partial charge in [-0.15, -0.1) is 0 Å². The molecule has 3 aromatic rings. The van der Waals surface area contributed by atoms with Crippen molar-refractivity contribution in [3.8, 4) is 0 Å². The summed E-state index contributed by atoms with van der Waals surface area (Å²) in [6.45, 7) is 4.36. The highest BCUT2D eigenvalue weighted by atomic mass is 79.9. The molecule has 0 radical (unpaired) electrons. The largest absolute Gasteiger partial charge is 0.423 e. The fraction of sp³-hybridized carbons (Fsp3) is 0.188. The molecule has 0 fully saturated rings. The summed E-state index contributed by atoms with van der Waals surface area (Å²) in [5.41, 5.74) is 1.93. The van der Waals surface area contributed by atoms with Crippen molar-refractivity contribution in [3.05, 3.63) is 56.6 Å². The lowest BCUT2D eigenvalue weighted by molar-refractivity contribution is 0.101. The molecule has 0 aliphatic carbocycles. The summed E-state index contributed by atoms with van der Waals surface area (Å²) in [6.07, 6.45) is 0. The Labute approximate surface area is 140 Å². The second-order valence-corrected chi connectivity index (χ2v) is 5.82. The van der Waals surface area contributed by atoms with Crippen LogP contribution in [0.2, 0.25) is 0 Å². The molecule has 6 nitrogen and oxygen atoms in total. The van der Waals surface area contributed by atoms with Gasteiger partial charge in [-0.25, -0.2) is 4.79 Å². The molecule has 0 aliphatic rings. The van der Waals surface area contributed by atoms with E-state index in [2.05, 4.69) is 26.3 Å². The van der Waals surface area contributed by atoms with Crippen molar-refractivity contribution in [2.75, 3.05) is 5.32 Å². The minimum atomic E-state index is -0.402. The molecular weight excluding hydrogens is 362 g/mol. The van der Waals surface area contributed by atoms with Gasteiger partial charge in [0, 0.05) is 23.7 Å². The third kappa shape index (κ3) is 2.92. The van der Waals surface area contributed by atoms with Gasteiger partial charge in [0.15, 0.2) is 0 Å². The van der Waals surface area contributed by atoms with Crippen LogP contribution in [-0.4, -0.2) is 15.7 Å². The van der Waals surface area contributed by atoms with E-state index in [4.69, 9.17) is 4.42 Å². The van der Waals surface area contributed by atoms with E-state index >= 15 is 0 Å². The van der Waals surface area contributed by atoms with Crippen LogP contribution in [0.5, 0.6) is 0 Å². The summed E-state index contributed by atoms with van der Waals surface area (Å²) in [5.74, 6) is -0.254. The first kappa shape index (κ1) is 15.5. The second kappa shape index (κ2) is 6.00. The lowest BCUT2D eigenvalue weighted by Gasteiger charge is -2.08. The molecule has 0 spiro atoms. The fourth-order valence-electron chi connectivity index (χ4n) is 2.35. The molecule has 1 amide bonds. The summed E-state index contributed by atoms with van der Waals surface area (Å²) < 4.78 is 7.41. The van der Waals surface area contributed by atoms with Crippen molar-refractivity contribution in [2.45, 2.75) is 20.4 Å². The lowest BCUT2D eigenvalue weighted by atomic mass is 10.2. The third-order valence-electron chi connectivity index (χ3n) is 3.45. The number of benzene rings is 1. The maximum atomic E-state index is 12.5. The first-order chi connectivity index (χ1) is 11.0. The number of nitrogens with one attached hydrogen (secondary N) is 1. The molecule has 7 heteroatoms. The highest BCUT2D eigenvalue weighted by Gasteiger charge is 2.19. The molecule has 2 aromatic heterocycles. The summed E-state index contributed by atoms with van der Waals surface area (Å²) >= 11 is 3.41. The van der Waals surface area contributed by atoms with Crippen molar-refractivity contribution < 1.29 is 9.21 Å². The SMILES string of the molecule is CCn1nc(C)c(Br)c1C(=O)Nc1ccc2oc(=O)ccc2c1. The standard InChI is InChI=1S/C16H14BrN3O3/c1-3-20-15(14(17)9(2)19-20)16(22)18-11-5-6-12-10(8-11)4-7-13(21)23-12/h4-8H,3H2,1-2H3,(H,18,22). The summed E-state index contributed by atoms with van der Waals surface area (Å²) in [7, 11) is 0. The summed E-state index contributed by atoms with van der Waals surface area (Å²) in [4.78, 5) is 23.7. The number of amides is 1. The zero-order valence-electron chi connectivity index (χ0n) is 12.6. The van der Waals surface area contributed by atoms with Crippen molar-refractivity contribution in [1.29, 1.82) is 0 Å². The van der Waals surface area contributed by atoms with Crippen LogP contribution in [0.25, 0.3) is 11.0 Å². The Bertz CT molecular complexity index is 959. The number of rotatable bonds is 3. The number of halogens is 1. The first-order valence-corrected chi connectivity index (χ1v) is 7.87. The molecule has 2 heterocycles. The number of hydrogen-bond acceptors (Lipinski definition) is 4. The van der Waals surface area contributed by atoms with Gasteiger partial charge in [-0.2, -0.15) is 5.10 Å². The predicted octanol–water partition coefficient (Wildman–Crippen LogP) is 3.33. The van der Waals surface area contributed by atoms with E-state index in [1.165, 1.54) is 6.07 Å². The monoisotopic (exact) mass is 375 g/mol. The quantitative estimate of drug-likeness (QED) is 0.712. The molecule has 1 aromatic carbocycles. The van der Waals surface area contributed by atoms with E-state index in [0.29, 0.717) is 28.0 Å². The molecule has 1 N–H and O–H groups in total. The Balaban J connectivity index is 1.94. The van der Waals surface area contributed by atoms with Crippen molar-refractivity contribution in [2.24, 2.45) is 0 Å². The van der Waals surface area contributed by atoms with Crippen LogP contribution in [0.15, 0.2) is 44.0 Å². The minimum Gasteiger partial charge on any atom is -0.423 e. The van der Waals surface area contributed by atoms with Gasteiger partial charge in [0.25, 0.3) is 5.91 Å². The van der Waals surface area contributed by atoms with Crippen LogP contribution in [0.4, 0.5) is 5.69 Å². The summed E-state index contributed by atoms with van der Waals surface area (Å²) in [5, 5.41) is 7.89. The molecule has 0 saturated carbocycles. The molecule has 3 rings (SSSR count). The van der Waals surface area contributed by atoms with E-state index in [-0.39, 0.29) is 5.91 Å². The highest BCUT2D eigenvalue weighted by Crippen LogP contribution is 2.23. The molecule has 118 valence electrons. The van der Waals surface area contributed by atoms with Gasteiger partial charge >= 0.3 is 5.63 Å². The van der Waals surface area contributed by atoms with Crippen LogP contribution in [0, 0.1) is 6.92 Å². The Morgan fingerprint density at radius 1 is 1.35 bits per heavy atom. The number of fused-ring (bicyclic) bond motifs is 1. The van der Waals surface area contributed by atoms with Gasteiger partial charge in [-0.1, -0.05) is 0 Å². The zero-order chi connectivity index (χ0) is 16.6. The van der Waals surface area contributed by atoms with Gasteiger partial charge in [0.1, 0.15) is 11.3 Å². The Hall–Kier alpha value is -2.41. The molecule has 23 heavy (non-hydrogen) atoms. The smallest absolute Gasteiger partial charge is 0.336 e. The number of carbonyl (C=O) groups is 1. The van der Waals surface area contributed by atoms with Crippen LogP contribution < -0.4 is 10.9 Å². The van der Waals surface area contributed by atoms with E-state index in [1.54, 1.807) is 28.9 Å². The third-order valence-corrected chi connectivity index (χ3v) is 4.40. The summed E-state index contributed by atoms with van der Waals surface area (Å²) in [6, 6.07) is 8.11. The van der Waals surface area contributed by atoms with Gasteiger partial charge in [-0.05, 0) is 54.0 Å². The van der Waals surface area contributed by atoms with Crippen molar-refractivity contribution >= 4 is 38.5 Å². The number of carbonyl (C=O) groups excluding carboxylic acids is 1. The predicted molar refractivity (Wildman–Crippen MR) is 90.8 cm³/mol. The Morgan fingerprint density at radius 3 is 2.87 bits per heavy atom. The fourth-order valence-corrected chi connectivity index (χ4v) is 2.81. The van der Waals surface area contributed by atoms with E-state index < -0.39 is 5.63 Å². The molecule has 0 bridgehead atoms. The van der Waals surface area contributed by atoms with Crippen LogP contribution in [-0.2, 0) is 6.54 Å². The second-order valence-electron chi connectivity index (χ2n) is 5.02. The zero-order valence-corrected chi connectivity index (χ0v) is 14.2. The van der Waals surface area contributed by atoms with Gasteiger partial charge in [0.2, 0.25) is 0 Å². The maximum absolute atomic E-state index is 12.5. The van der Waals surface area contributed by atoms with Gasteiger partial charge in [-0.3, -0.25) is 9.48 Å².